The second-order valence-corrected chi connectivity index (χ2v) is 16.3. The van der Waals surface area contributed by atoms with Crippen LogP contribution in [0.4, 0.5) is 0 Å². The first-order valence-electron chi connectivity index (χ1n) is 21.7. The number of esters is 1. The maximum Gasteiger partial charge on any atom is 0.472 e. The maximum absolute atomic E-state index is 12.3. The third kappa shape index (κ3) is 37.2. The molecule has 0 radical (unpaired) electrons. The normalized spacial score (nSPS) is 13.9. The molecule has 0 heterocycles. The number of nitrogens with one attached hydrogen (secondary N) is 1. The summed E-state index contributed by atoms with van der Waals surface area (Å²) in [7, 11) is -4.75. The summed E-state index contributed by atoms with van der Waals surface area (Å²) in [5.74, 6) is -2.37. The maximum atomic E-state index is 12.3. The number of phosphoric acid groups is 1. The van der Waals surface area contributed by atoms with E-state index in [-0.39, 0.29) is 12.8 Å². The number of phosphoric ester groups is 1. The number of carbonyl (C=O) groups excluding carboxylic acids is 2. The van der Waals surface area contributed by atoms with Gasteiger partial charge >= 0.3 is 19.8 Å². The van der Waals surface area contributed by atoms with Gasteiger partial charge in [0.2, 0.25) is 5.91 Å². The fourth-order valence-electron chi connectivity index (χ4n) is 6.13. The summed E-state index contributed by atoms with van der Waals surface area (Å²) in [6, 6.07) is -1.54. The smallest absolute Gasteiger partial charge is 0.472 e. The van der Waals surface area contributed by atoms with E-state index in [4.69, 9.17) is 13.8 Å². The number of hydrogen-bond donors (Lipinski definition) is 4. The predicted molar refractivity (Wildman–Crippen MR) is 217 cm³/mol. The molecule has 11 nitrogen and oxygen atoms in total. The van der Waals surface area contributed by atoms with Crippen LogP contribution in [-0.2, 0) is 32.7 Å². The second-order valence-electron chi connectivity index (χ2n) is 14.9. The Labute approximate surface area is 328 Å². The first-order valence-corrected chi connectivity index (χ1v) is 23.2. The summed E-state index contributed by atoms with van der Waals surface area (Å²) in [6.07, 6.45) is 36.8. The molecular formula is C42H80NO10P. The molecule has 0 saturated heterocycles. The summed E-state index contributed by atoms with van der Waals surface area (Å²) in [4.78, 5) is 45.8. The van der Waals surface area contributed by atoms with Crippen molar-refractivity contribution in [1.29, 1.82) is 0 Å². The van der Waals surface area contributed by atoms with Crippen LogP contribution in [0.2, 0.25) is 0 Å². The SMILES string of the molecule is CCCCCCCC/C=C/CCCCCCCCCCCCCC(=O)NC(COP(=O)(O)OCC(O)COC(=O)CCCCCCCCCCC)C(=O)O. The summed E-state index contributed by atoms with van der Waals surface area (Å²) in [5, 5.41) is 21.8. The highest BCUT2D eigenvalue weighted by molar-refractivity contribution is 7.47. The molecule has 0 saturated carbocycles. The Morgan fingerprint density at radius 3 is 1.41 bits per heavy atom. The molecule has 0 aromatic heterocycles. The molecule has 3 atom stereocenters. The van der Waals surface area contributed by atoms with E-state index < -0.39 is 57.6 Å². The first-order chi connectivity index (χ1) is 26.1. The van der Waals surface area contributed by atoms with E-state index >= 15 is 0 Å². The molecule has 0 aliphatic heterocycles. The lowest BCUT2D eigenvalue weighted by molar-refractivity contribution is -0.147. The average Bonchev–Trinajstić information content (AvgIpc) is 3.14. The Bertz CT molecular complexity index is 979. The zero-order valence-corrected chi connectivity index (χ0v) is 35.2. The number of aliphatic hydroxyl groups excluding tert-OH is 1. The van der Waals surface area contributed by atoms with Gasteiger partial charge < -0.3 is 25.2 Å². The van der Waals surface area contributed by atoms with Crippen LogP contribution in [0.15, 0.2) is 12.2 Å². The Kier molecular flexibility index (Phi) is 36.9. The Morgan fingerprint density at radius 2 is 0.963 bits per heavy atom. The Morgan fingerprint density at radius 1 is 0.574 bits per heavy atom. The lowest BCUT2D eigenvalue weighted by Gasteiger charge is -2.18. The summed E-state index contributed by atoms with van der Waals surface area (Å²) >= 11 is 0. The Balaban J connectivity index is 3.85. The topological polar surface area (TPSA) is 169 Å². The van der Waals surface area contributed by atoms with E-state index in [1.165, 1.54) is 128 Å². The minimum absolute atomic E-state index is 0.148. The highest BCUT2D eigenvalue weighted by atomic mass is 31.2. The summed E-state index contributed by atoms with van der Waals surface area (Å²) in [5.41, 5.74) is 0. The monoisotopic (exact) mass is 790 g/mol. The van der Waals surface area contributed by atoms with Crippen molar-refractivity contribution in [3.05, 3.63) is 12.2 Å². The molecule has 3 unspecified atom stereocenters. The quantitative estimate of drug-likeness (QED) is 0.0202. The van der Waals surface area contributed by atoms with Gasteiger partial charge in [-0.2, -0.15) is 0 Å². The van der Waals surface area contributed by atoms with Gasteiger partial charge in [-0.1, -0.05) is 167 Å². The number of aliphatic carboxylic acids is 1. The van der Waals surface area contributed by atoms with Crippen LogP contribution in [0.1, 0.15) is 206 Å². The predicted octanol–water partition coefficient (Wildman–Crippen LogP) is 10.9. The molecule has 318 valence electrons. The fraction of sp³-hybridized carbons (Fsp3) is 0.881. The molecule has 4 N–H and O–H groups in total. The zero-order valence-electron chi connectivity index (χ0n) is 34.3. The molecule has 0 aliphatic rings. The van der Waals surface area contributed by atoms with E-state index in [0.717, 1.165) is 38.5 Å². The minimum atomic E-state index is -4.75. The Hall–Kier alpha value is -1.78. The highest BCUT2D eigenvalue weighted by Gasteiger charge is 2.28. The molecule has 0 aromatic carbocycles. The first kappa shape index (κ1) is 52.2. The minimum Gasteiger partial charge on any atom is -0.480 e. The lowest BCUT2D eigenvalue weighted by atomic mass is 10.0. The van der Waals surface area contributed by atoms with E-state index in [0.29, 0.717) is 12.8 Å². The van der Waals surface area contributed by atoms with Gasteiger partial charge in [-0.25, -0.2) is 9.36 Å². The van der Waals surface area contributed by atoms with Gasteiger partial charge in [0, 0.05) is 12.8 Å². The van der Waals surface area contributed by atoms with Crippen molar-refractivity contribution in [2.75, 3.05) is 19.8 Å². The molecule has 0 spiro atoms. The molecule has 0 fully saturated rings. The van der Waals surface area contributed by atoms with E-state index in [9.17, 15) is 34.1 Å². The average molecular weight is 790 g/mol. The number of carboxylic acids is 1. The van der Waals surface area contributed by atoms with Crippen LogP contribution in [0.3, 0.4) is 0 Å². The van der Waals surface area contributed by atoms with Gasteiger partial charge in [0.15, 0.2) is 6.04 Å². The van der Waals surface area contributed by atoms with E-state index in [1.54, 1.807) is 0 Å². The molecule has 0 rings (SSSR count). The lowest BCUT2D eigenvalue weighted by Crippen LogP contribution is -2.43. The van der Waals surface area contributed by atoms with Crippen molar-refractivity contribution in [2.24, 2.45) is 0 Å². The van der Waals surface area contributed by atoms with Crippen molar-refractivity contribution in [3.8, 4) is 0 Å². The van der Waals surface area contributed by atoms with Crippen molar-refractivity contribution < 1.29 is 47.8 Å². The largest absolute Gasteiger partial charge is 0.480 e. The number of allylic oxidation sites excluding steroid dienone is 2. The third-order valence-electron chi connectivity index (χ3n) is 9.55. The number of aliphatic hydroxyl groups is 1. The summed E-state index contributed by atoms with van der Waals surface area (Å²) in [6.45, 7) is 2.57. The van der Waals surface area contributed by atoms with Gasteiger partial charge in [0.05, 0.1) is 13.2 Å². The van der Waals surface area contributed by atoms with Crippen molar-refractivity contribution >= 4 is 25.7 Å². The highest BCUT2D eigenvalue weighted by Crippen LogP contribution is 2.43. The number of carbonyl (C=O) groups is 3. The van der Waals surface area contributed by atoms with Gasteiger partial charge in [-0.15, -0.1) is 0 Å². The van der Waals surface area contributed by atoms with Gasteiger partial charge in [-0.3, -0.25) is 18.6 Å². The number of amides is 1. The van der Waals surface area contributed by atoms with Crippen LogP contribution in [0.25, 0.3) is 0 Å². The van der Waals surface area contributed by atoms with Crippen LogP contribution in [-0.4, -0.2) is 64.9 Å². The van der Waals surface area contributed by atoms with Gasteiger partial charge in [-0.05, 0) is 38.5 Å². The van der Waals surface area contributed by atoms with Gasteiger partial charge in [0.1, 0.15) is 12.7 Å². The van der Waals surface area contributed by atoms with Crippen molar-refractivity contribution in [3.63, 3.8) is 0 Å². The molecular weight excluding hydrogens is 709 g/mol. The number of rotatable bonds is 41. The van der Waals surface area contributed by atoms with E-state index in [1.807, 2.05) is 0 Å². The number of hydrogen-bond acceptors (Lipinski definition) is 8. The molecule has 0 aromatic rings. The zero-order chi connectivity index (χ0) is 40.0. The standard InChI is InChI=1S/C42H80NO10P/c1-3-5-7-9-11-13-14-15-16-17-18-19-20-21-22-23-24-26-27-29-31-33-40(45)43-39(42(47)48)37-53-54(49,50)52-36-38(44)35-51-41(46)34-32-30-28-25-12-10-8-6-4-2/h15-16,38-39,44H,3-14,17-37H2,1-2H3,(H,43,45)(H,47,48)(H,49,50)/b16-15+. The second kappa shape index (κ2) is 38.1. The fourth-order valence-corrected chi connectivity index (χ4v) is 6.91. The van der Waals surface area contributed by atoms with E-state index in [2.05, 4.69) is 31.3 Å². The van der Waals surface area contributed by atoms with Gasteiger partial charge in [0.25, 0.3) is 0 Å². The number of unbranched alkanes of at least 4 members (excludes halogenated alkanes) is 25. The molecule has 0 bridgehead atoms. The number of ether oxygens (including phenoxy) is 1. The molecule has 54 heavy (non-hydrogen) atoms. The van der Waals surface area contributed by atoms with Crippen LogP contribution in [0, 0.1) is 0 Å². The third-order valence-corrected chi connectivity index (χ3v) is 10.5. The summed E-state index contributed by atoms with van der Waals surface area (Å²) < 4.78 is 26.7. The molecule has 12 heteroatoms. The number of carboxylic acid groups (broad SMARTS) is 1. The van der Waals surface area contributed by atoms with Crippen LogP contribution in [0.5, 0.6) is 0 Å². The van der Waals surface area contributed by atoms with Crippen LogP contribution >= 0.6 is 7.82 Å². The van der Waals surface area contributed by atoms with Crippen LogP contribution < -0.4 is 5.32 Å². The molecule has 1 amide bonds. The van der Waals surface area contributed by atoms with Crippen molar-refractivity contribution in [1.82, 2.24) is 5.32 Å². The van der Waals surface area contributed by atoms with Crippen molar-refractivity contribution in [2.45, 2.75) is 219 Å². The molecule has 0 aliphatic carbocycles.